The second-order valence-corrected chi connectivity index (χ2v) is 6.87. The highest BCUT2D eigenvalue weighted by atomic mass is 16.5. The lowest BCUT2D eigenvalue weighted by Crippen LogP contribution is -3.08. The second-order valence-electron chi connectivity index (χ2n) is 6.87. The Hall–Kier alpha value is -2.33. The first-order valence-electron chi connectivity index (χ1n) is 8.97. The van der Waals surface area contributed by atoms with Gasteiger partial charge in [-0.25, -0.2) is 0 Å². The standard InChI is InChI=1S/C21H26N2O2/c1-23(14-16-7-5-10-18(13-16)25-2)15-21(24)22-20-12-6-9-17-8-3-4-11-19(17)20/h3-5,7-8,10-11,13,20H,6,9,12,14-15H2,1-2H3,(H,22,24)/p+1/t20-/m0/s1. The molecule has 25 heavy (non-hydrogen) atoms. The van der Waals surface area contributed by atoms with Gasteiger partial charge in [-0.3, -0.25) is 4.79 Å². The fraction of sp³-hybridized carbons (Fsp3) is 0.381. The molecule has 0 bridgehead atoms. The molecule has 0 aliphatic heterocycles. The summed E-state index contributed by atoms with van der Waals surface area (Å²) in [7, 11) is 3.72. The van der Waals surface area contributed by atoms with Crippen molar-refractivity contribution in [2.45, 2.75) is 31.8 Å². The van der Waals surface area contributed by atoms with Gasteiger partial charge in [0.25, 0.3) is 5.91 Å². The van der Waals surface area contributed by atoms with Gasteiger partial charge in [-0.15, -0.1) is 0 Å². The molecule has 0 saturated carbocycles. The van der Waals surface area contributed by atoms with Gasteiger partial charge in [0.15, 0.2) is 6.54 Å². The summed E-state index contributed by atoms with van der Waals surface area (Å²) in [5.74, 6) is 0.968. The molecule has 0 aromatic heterocycles. The van der Waals surface area contributed by atoms with E-state index in [1.807, 2.05) is 25.2 Å². The van der Waals surface area contributed by atoms with Crippen molar-refractivity contribution in [3.8, 4) is 5.75 Å². The van der Waals surface area contributed by atoms with Crippen molar-refractivity contribution in [1.82, 2.24) is 5.32 Å². The van der Waals surface area contributed by atoms with Crippen LogP contribution >= 0.6 is 0 Å². The Kier molecular flexibility index (Phi) is 5.71. The lowest BCUT2D eigenvalue weighted by atomic mass is 9.88. The van der Waals surface area contributed by atoms with Crippen LogP contribution in [-0.4, -0.2) is 26.6 Å². The van der Waals surface area contributed by atoms with Crippen LogP contribution in [0.3, 0.4) is 0 Å². The third-order valence-corrected chi connectivity index (χ3v) is 4.81. The second kappa shape index (κ2) is 8.17. The molecule has 1 aliphatic rings. The number of fused-ring (bicyclic) bond motifs is 1. The average molecular weight is 339 g/mol. The predicted molar refractivity (Wildman–Crippen MR) is 98.7 cm³/mol. The molecule has 0 radical (unpaired) electrons. The Bertz CT molecular complexity index is 729. The van der Waals surface area contributed by atoms with Gasteiger partial charge in [0.05, 0.1) is 20.2 Å². The highest BCUT2D eigenvalue weighted by Gasteiger charge is 2.22. The van der Waals surface area contributed by atoms with E-state index in [9.17, 15) is 4.79 Å². The van der Waals surface area contributed by atoms with E-state index in [-0.39, 0.29) is 11.9 Å². The van der Waals surface area contributed by atoms with Gasteiger partial charge in [0.1, 0.15) is 12.3 Å². The van der Waals surface area contributed by atoms with Crippen LogP contribution in [0.1, 0.15) is 35.6 Å². The molecule has 2 atom stereocenters. The average Bonchev–Trinajstić information content (AvgIpc) is 2.62. The molecule has 0 saturated heterocycles. The summed E-state index contributed by atoms with van der Waals surface area (Å²) >= 11 is 0. The van der Waals surface area contributed by atoms with E-state index < -0.39 is 0 Å². The Morgan fingerprint density at radius 1 is 1.24 bits per heavy atom. The van der Waals surface area contributed by atoms with Gasteiger partial charge in [-0.1, -0.05) is 36.4 Å². The van der Waals surface area contributed by atoms with E-state index in [0.717, 1.165) is 36.5 Å². The molecule has 0 spiro atoms. The van der Waals surface area contributed by atoms with E-state index in [1.54, 1.807) is 7.11 Å². The summed E-state index contributed by atoms with van der Waals surface area (Å²) in [6, 6.07) is 16.6. The maximum absolute atomic E-state index is 12.5. The van der Waals surface area contributed by atoms with Crippen LogP contribution in [-0.2, 0) is 17.8 Å². The number of hydrogen-bond acceptors (Lipinski definition) is 2. The van der Waals surface area contributed by atoms with Crippen molar-refractivity contribution in [3.05, 3.63) is 65.2 Å². The molecule has 2 aromatic rings. The molecule has 2 aromatic carbocycles. The number of benzene rings is 2. The number of amides is 1. The lowest BCUT2D eigenvalue weighted by molar-refractivity contribution is -0.885. The molecule has 4 nitrogen and oxygen atoms in total. The lowest BCUT2D eigenvalue weighted by Gasteiger charge is -2.26. The van der Waals surface area contributed by atoms with Crippen LogP contribution in [0.4, 0.5) is 0 Å². The molecule has 1 aliphatic carbocycles. The minimum atomic E-state index is 0.113. The van der Waals surface area contributed by atoms with Crippen LogP contribution in [0, 0.1) is 0 Å². The zero-order chi connectivity index (χ0) is 17.6. The van der Waals surface area contributed by atoms with E-state index in [0.29, 0.717) is 6.54 Å². The smallest absolute Gasteiger partial charge is 0.275 e. The van der Waals surface area contributed by atoms with Gasteiger partial charge < -0.3 is 15.0 Å². The number of carbonyl (C=O) groups is 1. The zero-order valence-corrected chi connectivity index (χ0v) is 15.0. The molecule has 2 N–H and O–H groups in total. The first-order valence-corrected chi connectivity index (χ1v) is 8.97. The molecular formula is C21H27N2O2+. The number of ether oxygens (including phenoxy) is 1. The molecule has 0 heterocycles. The summed E-state index contributed by atoms with van der Waals surface area (Å²) in [5.41, 5.74) is 3.83. The van der Waals surface area contributed by atoms with Gasteiger partial charge in [0.2, 0.25) is 0 Å². The quantitative estimate of drug-likeness (QED) is 0.844. The topological polar surface area (TPSA) is 42.8 Å². The number of aryl methyl sites for hydroxylation is 1. The predicted octanol–water partition coefficient (Wildman–Crippen LogP) is 1.90. The SMILES string of the molecule is COc1cccc(C[NH+](C)CC(=O)N[C@H]2CCCc3ccccc32)c1. The maximum Gasteiger partial charge on any atom is 0.275 e. The number of nitrogens with one attached hydrogen (secondary N) is 2. The van der Waals surface area contributed by atoms with Crippen LogP contribution in [0.5, 0.6) is 5.75 Å². The number of carbonyl (C=O) groups excluding carboxylic acids is 1. The summed E-state index contributed by atoms with van der Waals surface area (Å²) in [5, 5.41) is 3.23. The first kappa shape index (κ1) is 17.5. The van der Waals surface area contributed by atoms with Crippen molar-refractivity contribution in [1.29, 1.82) is 0 Å². The summed E-state index contributed by atoms with van der Waals surface area (Å²) < 4.78 is 5.26. The van der Waals surface area contributed by atoms with E-state index in [2.05, 4.69) is 35.6 Å². The van der Waals surface area contributed by atoms with Crippen molar-refractivity contribution >= 4 is 5.91 Å². The summed E-state index contributed by atoms with van der Waals surface area (Å²) in [6.45, 7) is 1.27. The molecule has 1 unspecified atom stereocenters. The monoisotopic (exact) mass is 339 g/mol. The van der Waals surface area contributed by atoms with Crippen LogP contribution in [0.25, 0.3) is 0 Å². The zero-order valence-electron chi connectivity index (χ0n) is 15.0. The van der Waals surface area contributed by atoms with Crippen LogP contribution in [0.15, 0.2) is 48.5 Å². The fourth-order valence-electron chi connectivity index (χ4n) is 3.62. The third kappa shape index (κ3) is 4.60. The minimum Gasteiger partial charge on any atom is -0.497 e. The van der Waals surface area contributed by atoms with Crippen LogP contribution in [0.2, 0.25) is 0 Å². The van der Waals surface area contributed by atoms with Gasteiger partial charge >= 0.3 is 0 Å². The fourth-order valence-corrected chi connectivity index (χ4v) is 3.62. The Morgan fingerprint density at radius 2 is 2.08 bits per heavy atom. The number of methoxy groups -OCH3 is 1. The van der Waals surface area contributed by atoms with Gasteiger partial charge in [-0.2, -0.15) is 0 Å². The van der Waals surface area contributed by atoms with Crippen molar-refractivity contribution in [3.63, 3.8) is 0 Å². The normalized spacial score (nSPS) is 17.4. The molecule has 4 heteroatoms. The van der Waals surface area contributed by atoms with Crippen molar-refractivity contribution in [2.75, 3.05) is 20.7 Å². The number of likely N-dealkylation sites (N-methyl/N-ethyl adjacent to an activating group) is 1. The highest BCUT2D eigenvalue weighted by Crippen LogP contribution is 2.29. The van der Waals surface area contributed by atoms with Crippen molar-refractivity contribution < 1.29 is 14.4 Å². The minimum absolute atomic E-state index is 0.113. The van der Waals surface area contributed by atoms with E-state index in [1.165, 1.54) is 16.7 Å². The Morgan fingerprint density at radius 3 is 2.92 bits per heavy atom. The first-order chi connectivity index (χ1) is 12.2. The number of rotatable bonds is 6. The third-order valence-electron chi connectivity index (χ3n) is 4.81. The van der Waals surface area contributed by atoms with Crippen LogP contribution < -0.4 is 15.0 Å². The van der Waals surface area contributed by atoms with Crippen molar-refractivity contribution in [2.24, 2.45) is 0 Å². The maximum atomic E-state index is 12.5. The molecule has 1 amide bonds. The Balaban J connectivity index is 1.56. The van der Waals surface area contributed by atoms with Gasteiger partial charge in [-0.05, 0) is 42.5 Å². The summed E-state index contributed by atoms with van der Waals surface area (Å²) in [6.07, 6.45) is 3.27. The molecule has 0 fully saturated rings. The molecule has 3 rings (SSSR count). The highest BCUT2D eigenvalue weighted by molar-refractivity contribution is 5.77. The van der Waals surface area contributed by atoms with E-state index in [4.69, 9.17) is 4.74 Å². The Labute approximate surface area is 149 Å². The molecule has 132 valence electrons. The number of quaternary nitrogens is 1. The largest absolute Gasteiger partial charge is 0.497 e. The summed E-state index contributed by atoms with van der Waals surface area (Å²) in [4.78, 5) is 13.7. The van der Waals surface area contributed by atoms with E-state index >= 15 is 0 Å². The molecular weight excluding hydrogens is 312 g/mol. The number of hydrogen-bond donors (Lipinski definition) is 2. The van der Waals surface area contributed by atoms with Gasteiger partial charge in [0, 0.05) is 5.56 Å².